The van der Waals surface area contributed by atoms with Crippen LogP contribution in [0.4, 0.5) is 22.0 Å². The van der Waals surface area contributed by atoms with E-state index in [2.05, 4.69) is 0 Å². The summed E-state index contributed by atoms with van der Waals surface area (Å²) in [5, 5.41) is 14.1. The van der Waals surface area contributed by atoms with Crippen molar-refractivity contribution in [1.82, 2.24) is 0 Å². The molecule has 2 aromatic rings. The third-order valence-electron chi connectivity index (χ3n) is 3.93. The van der Waals surface area contributed by atoms with Gasteiger partial charge in [-0.2, -0.15) is 14.0 Å². The molecule has 0 bridgehead atoms. The van der Waals surface area contributed by atoms with Gasteiger partial charge in [-0.1, -0.05) is 0 Å². The van der Waals surface area contributed by atoms with Gasteiger partial charge >= 0.3 is 5.25 Å². The second-order valence-electron chi connectivity index (χ2n) is 5.59. The van der Waals surface area contributed by atoms with Gasteiger partial charge in [0.05, 0.1) is 22.1 Å². The summed E-state index contributed by atoms with van der Waals surface area (Å²) in [4.78, 5) is -0.917. The first-order chi connectivity index (χ1) is 12.5. The van der Waals surface area contributed by atoms with Gasteiger partial charge in [-0.3, -0.25) is 9.11 Å². The summed E-state index contributed by atoms with van der Waals surface area (Å²) in [5.74, 6) is -1.96. The molecule has 144 valence electrons. The quantitative estimate of drug-likeness (QED) is 0.610. The fraction of sp³-hybridized carbons (Fsp3) is 0.188. The number of ether oxygens (including phenoxy) is 1. The van der Waals surface area contributed by atoms with Gasteiger partial charge in [-0.15, -0.1) is 10.6 Å². The van der Waals surface area contributed by atoms with Crippen molar-refractivity contribution < 1.29 is 40.9 Å². The van der Waals surface area contributed by atoms with E-state index in [9.17, 15) is 36.2 Å². The number of alkyl halides is 4. The smallest absolute Gasteiger partial charge is 0.371 e. The van der Waals surface area contributed by atoms with Gasteiger partial charge in [0.15, 0.2) is 6.10 Å². The van der Waals surface area contributed by atoms with Crippen LogP contribution >= 0.6 is 10.6 Å². The molecule has 11 heteroatoms. The maximum absolute atomic E-state index is 14.0. The van der Waals surface area contributed by atoms with Gasteiger partial charge in [-0.05, 0) is 24.3 Å². The maximum atomic E-state index is 14.0. The second kappa shape index (κ2) is 6.35. The Bertz CT molecular complexity index is 961. The molecule has 3 N–H and O–H groups in total. The Kier molecular flexibility index (Phi) is 4.55. The molecule has 0 saturated carbocycles. The Morgan fingerprint density at radius 2 is 1.85 bits per heavy atom. The molecule has 0 spiro atoms. The second-order valence-corrected chi connectivity index (χ2v) is 7.67. The van der Waals surface area contributed by atoms with Crippen molar-refractivity contribution in [3.8, 4) is 17.6 Å². The fourth-order valence-corrected chi connectivity index (χ4v) is 4.23. The lowest BCUT2D eigenvalue weighted by Gasteiger charge is -2.34. The lowest BCUT2D eigenvalue weighted by atomic mass is 10.0. The number of hydrogen-bond donors (Lipinski definition) is 3. The third-order valence-corrected chi connectivity index (χ3v) is 5.88. The van der Waals surface area contributed by atoms with E-state index in [1.807, 2.05) is 0 Å². The molecule has 27 heavy (non-hydrogen) atoms. The van der Waals surface area contributed by atoms with E-state index in [0.717, 1.165) is 30.3 Å². The molecule has 2 aromatic carbocycles. The number of nitriles is 1. The molecule has 5 nitrogen and oxygen atoms in total. The molecule has 1 atom stereocenters. The summed E-state index contributed by atoms with van der Waals surface area (Å²) in [6.45, 7) is 0. The van der Waals surface area contributed by atoms with Crippen LogP contribution < -0.4 is 4.74 Å². The van der Waals surface area contributed by atoms with Crippen molar-refractivity contribution in [2.24, 2.45) is 0 Å². The van der Waals surface area contributed by atoms with E-state index in [1.165, 1.54) is 0 Å². The summed E-state index contributed by atoms with van der Waals surface area (Å²) in [6.07, 6.45) is -6.33. The van der Waals surface area contributed by atoms with Crippen LogP contribution in [0.3, 0.4) is 0 Å². The molecule has 0 aromatic heterocycles. The van der Waals surface area contributed by atoms with E-state index < -0.39 is 56.0 Å². The summed E-state index contributed by atoms with van der Waals surface area (Å²) in [6, 6.07) is 5.81. The Morgan fingerprint density at radius 1 is 1.19 bits per heavy atom. The number of rotatable bonds is 3. The standard InChI is InChI=1S/C16H10F5NO4S/c17-8-3-7(6-22)4-9(5-8)26-10-1-2-11-13(12(10)15(18)19)14(23)16(20,21)27(11,24)25/h1-5,14-15,23-25H/t14-/m1/s1. The molecule has 0 saturated heterocycles. The zero-order valence-electron chi connectivity index (χ0n) is 13.0. The largest absolute Gasteiger partial charge is 0.457 e. The monoisotopic (exact) mass is 407 g/mol. The average molecular weight is 407 g/mol. The average Bonchev–Trinajstić information content (AvgIpc) is 2.71. The predicted molar refractivity (Wildman–Crippen MR) is 83.6 cm³/mol. The number of aliphatic hydroxyl groups excluding tert-OH is 1. The number of benzene rings is 2. The topological polar surface area (TPSA) is 93.7 Å². The van der Waals surface area contributed by atoms with Gasteiger partial charge < -0.3 is 9.84 Å². The minimum atomic E-state index is -4.87. The van der Waals surface area contributed by atoms with Crippen LogP contribution in [0.1, 0.15) is 29.2 Å². The third kappa shape index (κ3) is 2.90. The van der Waals surface area contributed by atoms with Crippen molar-refractivity contribution in [2.75, 3.05) is 0 Å². The van der Waals surface area contributed by atoms with Crippen molar-refractivity contribution in [3.05, 3.63) is 52.8 Å². The highest BCUT2D eigenvalue weighted by atomic mass is 32.3. The number of fused-ring (bicyclic) bond motifs is 1. The van der Waals surface area contributed by atoms with Crippen LogP contribution in [0.15, 0.2) is 35.2 Å². The highest BCUT2D eigenvalue weighted by Gasteiger charge is 2.61. The molecule has 1 heterocycles. The van der Waals surface area contributed by atoms with Crippen LogP contribution in [0.5, 0.6) is 11.5 Å². The van der Waals surface area contributed by atoms with Crippen molar-refractivity contribution in [2.45, 2.75) is 22.7 Å². The summed E-state index contributed by atoms with van der Waals surface area (Å²) >= 11 is 0. The van der Waals surface area contributed by atoms with Gasteiger partial charge in [0, 0.05) is 11.6 Å². The predicted octanol–water partition coefficient (Wildman–Crippen LogP) is 5.18. The van der Waals surface area contributed by atoms with Crippen LogP contribution in [-0.2, 0) is 0 Å². The zero-order valence-corrected chi connectivity index (χ0v) is 13.9. The molecular formula is C16H10F5NO4S. The minimum Gasteiger partial charge on any atom is -0.457 e. The van der Waals surface area contributed by atoms with Crippen molar-refractivity contribution in [3.63, 3.8) is 0 Å². The normalized spacial score (nSPS) is 20.8. The van der Waals surface area contributed by atoms with Crippen LogP contribution in [-0.4, -0.2) is 19.5 Å². The molecule has 0 amide bonds. The van der Waals surface area contributed by atoms with E-state index in [0.29, 0.717) is 0 Å². The molecule has 1 aliphatic heterocycles. The number of hydrogen-bond acceptors (Lipinski definition) is 5. The molecule has 0 fully saturated rings. The van der Waals surface area contributed by atoms with E-state index in [1.54, 1.807) is 6.07 Å². The maximum Gasteiger partial charge on any atom is 0.371 e. The molecule has 1 aliphatic rings. The Balaban J connectivity index is 2.17. The Morgan fingerprint density at radius 3 is 2.44 bits per heavy atom. The first-order valence-corrected chi connectivity index (χ1v) is 8.72. The summed E-state index contributed by atoms with van der Waals surface area (Å²) in [5.41, 5.74) is -2.41. The molecule has 0 radical (unpaired) electrons. The number of aliphatic hydroxyl groups is 1. The van der Waals surface area contributed by atoms with Crippen LogP contribution in [0.2, 0.25) is 0 Å². The first kappa shape index (κ1) is 19.4. The van der Waals surface area contributed by atoms with Gasteiger partial charge in [-0.25, -0.2) is 13.2 Å². The van der Waals surface area contributed by atoms with Gasteiger partial charge in [0.2, 0.25) is 0 Å². The summed E-state index contributed by atoms with van der Waals surface area (Å²) < 4.78 is 93.1. The van der Waals surface area contributed by atoms with Gasteiger partial charge in [0.25, 0.3) is 6.43 Å². The Hall–Kier alpha value is -2.39. The molecule has 3 rings (SSSR count). The van der Waals surface area contributed by atoms with Crippen LogP contribution in [0.25, 0.3) is 0 Å². The van der Waals surface area contributed by atoms with Crippen molar-refractivity contribution in [1.29, 1.82) is 5.26 Å². The van der Waals surface area contributed by atoms with E-state index in [-0.39, 0.29) is 11.3 Å². The molecule has 0 unspecified atom stereocenters. The van der Waals surface area contributed by atoms with Crippen molar-refractivity contribution >= 4 is 10.6 Å². The SMILES string of the molecule is N#Cc1cc(F)cc(Oc2ccc3c(c2C(F)F)[C@@H](O)C(F)(F)S3(O)O)c1. The highest BCUT2D eigenvalue weighted by molar-refractivity contribution is 8.25. The Labute approximate surface area is 150 Å². The first-order valence-electron chi connectivity index (χ1n) is 7.18. The zero-order chi connectivity index (χ0) is 20.1. The molecule has 0 aliphatic carbocycles. The highest BCUT2D eigenvalue weighted by Crippen LogP contribution is 2.73. The lowest BCUT2D eigenvalue weighted by Crippen LogP contribution is -2.26. The van der Waals surface area contributed by atoms with Crippen LogP contribution in [0, 0.1) is 17.1 Å². The number of nitrogens with zero attached hydrogens (tertiary/aromatic N) is 1. The summed E-state index contributed by atoms with van der Waals surface area (Å²) in [7, 11) is -4.87. The van der Waals surface area contributed by atoms with Gasteiger partial charge in [0.1, 0.15) is 17.3 Å². The molecular weight excluding hydrogens is 397 g/mol. The van der Waals surface area contributed by atoms with E-state index in [4.69, 9.17) is 10.00 Å². The minimum absolute atomic E-state index is 0.175. The fourth-order valence-electron chi connectivity index (χ4n) is 2.72. The lowest BCUT2D eigenvalue weighted by molar-refractivity contribution is -0.0448. The van der Waals surface area contributed by atoms with E-state index >= 15 is 0 Å². The number of halogens is 5.